The Labute approximate surface area is 113 Å². The van der Waals surface area contributed by atoms with E-state index in [1.165, 1.54) is 18.2 Å². The van der Waals surface area contributed by atoms with Crippen molar-refractivity contribution < 1.29 is 47.6 Å². The van der Waals surface area contributed by atoms with Crippen LogP contribution in [0.2, 0.25) is 0 Å². The second-order valence-electron chi connectivity index (χ2n) is 2.40. The predicted molar refractivity (Wildman–Crippen MR) is 48.8 cm³/mol. The predicted octanol–water partition coefficient (Wildman–Crippen LogP) is -2.01. The second-order valence-corrected chi connectivity index (χ2v) is 4.75. The van der Waals surface area contributed by atoms with Gasteiger partial charge in [-0.05, 0) is 17.7 Å². The zero-order chi connectivity index (χ0) is 10.1. The summed E-state index contributed by atoms with van der Waals surface area (Å²) in [6, 6.07) is 5.94. The van der Waals surface area contributed by atoms with Crippen LogP contribution in [0.15, 0.2) is 28.7 Å². The molecule has 0 amide bonds. The number of benzene rings is 1. The van der Waals surface area contributed by atoms with Crippen molar-refractivity contribution in [2.45, 2.75) is 5.44 Å². The molecule has 0 spiro atoms. The maximum absolute atomic E-state index is 10.4. The van der Waals surface area contributed by atoms with Crippen molar-refractivity contribution >= 4 is 26.0 Å². The molecule has 0 aromatic heterocycles. The van der Waals surface area contributed by atoms with Crippen LogP contribution in [0.1, 0.15) is 11.0 Å². The molecule has 0 aliphatic carbocycles. The van der Waals surface area contributed by atoms with Gasteiger partial charge in [0.05, 0.1) is 0 Å². The number of halogens is 1. The third-order valence-electron chi connectivity index (χ3n) is 1.41. The van der Waals surface area contributed by atoms with Crippen LogP contribution >= 0.6 is 15.9 Å². The Balaban J connectivity index is 0.00000169. The average molecular weight is 289 g/mol. The molecule has 0 saturated heterocycles. The maximum Gasteiger partial charge on any atom is 1.00 e. The van der Waals surface area contributed by atoms with Gasteiger partial charge in [0.15, 0.2) is 5.44 Å². The largest absolute Gasteiger partial charge is 1.00 e. The summed E-state index contributed by atoms with van der Waals surface area (Å²) in [5, 5.41) is 9.06. The molecule has 1 N–H and O–H groups in total. The Hall–Kier alpha value is 0.570. The van der Waals surface area contributed by atoms with E-state index in [1.807, 2.05) is 0 Å². The molecule has 1 atom stereocenters. The number of aliphatic hydroxyl groups is 1. The van der Waals surface area contributed by atoms with Gasteiger partial charge in [-0.1, -0.05) is 28.1 Å². The molecule has 1 unspecified atom stereocenters. The van der Waals surface area contributed by atoms with Crippen LogP contribution in [0.5, 0.6) is 0 Å². The number of hydrogen-bond acceptors (Lipinski definition) is 4. The van der Waals surface area contributed by atoms with Crippen molar-refractivity contribution in [3.05, 3.63) is 34.3 Å². The molecule has 1 aromatic rings. The van der Waals surface area contributed by atoms with Gasteiger partial charge in [0.2, 0.25) is 0 Å². The number of aliphatic hydroxyl groups excluding tert-OH is 1. The van der Waals surface area contributed by atoms with Crippen molar-refractivity contribution in [2.24, 2.45) is 0 Å². The van der Waals surface area contributed by atoms with Gasteiger partial charge in [0.1, 0.15) is 10.1 Å². The molecular formula is C7H6BrNaO4S. The Kier molecular flexibility index (Phi) is 5.83. The van der Waals surface area contributed by atoms with Crippen molar-refractivity contribution in [1.29, 1.82) is 0 Å². The smallest absolute Gasteiger partial charge is 0.746 e. The van der Waals surface area contributed by atoms with E-state index in [4.69, 9.17) is 5.11 Å². The Morgan fingerprint density at radius 1 is 1.43 bits per heavy atom. The molecule has 1 rings (SSSR count). The fraction of sp³-hybridized carbons (Fsp3) is 0.143. The topological polar surface area (TPSA) is 77.4 Å². The first-order chi connectivity index (χ1) is 5.91. The summed E-state index contributed by atoms with van der Waals surface area (Å²) in [6.07, 6.45) is 0. The van der Waals surface area contributed by atoms with E-state index < -0.39 is 15.6 Å². The molecule has 72 valence electrons. The van der Waals surface area contributed by atoms with Crippen LogP contribution in [-0.4, -0.2) is 18.1 Å². The van der Waals surface area contributed by atoms with E-state index >= 15 is 0 Å². The van der Waals surface area contributed by atoms with Gasteiger partial charge in [0.25, 0.3) is 0 Å². The zero-order valence-corrected chi connectivity index (χ0v) is 11.7. The van der Waals surface area contributed by atoms with Gasteiger partial charge in [-0.15, -0.1) is 0 Å². The molecule has 0 aliphatic heterocycles. The average Bonchev–Trinajstić information content (AvgIpc) is 2.01. The number of rotatable bonds is 2. The van der Waals surface area contributed by atoms with Crippen LogP contribution in [0.4, 0.5) is 0 Å². The molecule has 0 heterocycles. The molecule has 0 bridgehead atoms. The third-order valence-corrected chi connectivity index (χ3v) is 2.72. The summed E-state index contributed by atoms with van der Waals surface area (Å²) in [4.78, 5) is 0. The maximum atomic E-state index is 10.4. The van der Waals surface area contributed by atoms with Gasteiger partial charge in [0, 0.05) is 4.47 Å². The molecular weight excluding hydrogens is 283 g/mol. The Morgan fingerprint density at radius 2 is 2.00 bits per heavy atom. The third kappa shape index (κ3) is 3.98. The Bertz CT molecular complexity index is 406. The standard InChI is InChI=1S/C7H7BrO4S.Na/c8-6-3-1-2-5(4-6)7(9)13(10,11)12;/h1-4,7,9H,(H,10,11,12);/q;+1/p-1. The monoisotopic (exact) mass is 288 g/mol. The van der Waals surface area contributed by atoms with Crippen LogP contribution in [-0.2, 0) is 10.1 Å². The SMILES string of the molecule is O=S(=O)([O-])C(O)c1cccc(Br)c1.[Na+]. The molecule has 4 nitrogen and oxygen atoms in total. The summed E-state index contributed by atoms with van der Waals surface area (Å²) in [5.74, 6) is 0. The van der Waals surface area contributed by atoms with Crippen molar-refractivity contribution in [1.82, 2.24) is 0 Å². The summed E-state index contributed by atoms with van der Waals surface area (Å²) in [7, 11) is -4.69. The quantitative estimate of drug-likeness (QED) is 0.504. The summed E-state index contributed by atoms with van der Waals surface area (Å²) in [5.41, 5.74) is -1.94. The Morgan fingerprint density at radius 3 is 2.43 bits per heavy atom. The molecule has 0 radical (unpaired) electrons. The summed E-state index contributed by atoms with van der Waals surface area (Å²) >= 11 is 3.09. The van der Waals surface area contributed by atoms with Crippen molar-refractivity contribution in [3.63, 3.8) is 0 Å². The van der Waals surface area contributed by atoms with Crippen LogP contribution in [0.3, 0.4) is 0 Å². The first kappa shape index (κ1) is 14.6. The van der Waals surface area contributed by atoms with E-state index in [9.17, 15) is 13.0 Å². The van der Waals surface area contributed by atoms with E-state index in [-0.39, 0.29) is 35.1 Å². The number of hydrogen-bond donors (Lipinski definition) is 1. The van der Waals surface area contributed by atoms with Gasteiger partial charge in [-0.25, -0.2) is 8.42 Å². The normalized spacial score (nSPS) is 13.1. The molecule has 7 heteroatoms. The minimum absolute atomic E-state index is 0. The molecule has 0 saturated carbocycles. The molecule has 14 heavy (non-hydrogen) atoms. The van der Waals surface area contributed by atoms with E-state index in [1.54, 1.807) is 6.07 Å². The van der Waals surface area contributed by atoms with Crippen LogP contribution in [0.25, 0.3) is 0 Å². The van der Waals surface area contributed by atoms with Crippen LogP contribution in [0, 0.1) is 0 Å². The second kappa shape index (κ2) is 5.60. The van der Waals surface area contributed by atoms with Crippen molar-refractivity contribution in [2.75, 3.05) is 0 Å². The zero-order valence-electron chi connectivity index (χ0n) is 7.34. The fourth-order valence-corrected chi connectivity index (χ4v) is 1.72. The van der Waals surface area contributed by atoms with Crippen LogP contribution < -0.4 is 29.6 Å². The van der Waals surface area contributed by atoms with Gasteiger partial charge < -0.3 is 9.66 Å². The van der Waals surface area contributed by atoms with E-state index in [2.05, 4.69) is 15.9 Å². The molecule has 1 aromatic carbocycles. The van der Waals surface area contributed by atoms with Gasteiger partial charge in [-0.2, -0.15) is 0 Å². The molecule has 0 fully saturated rings. The molecule has 0 aliphatic rings. The minimum Gasteiger partial charge on any atom is -0.746 e. The first-order valence-corrected chi connectivity index (χ1v) is 5.56. The van der Waals surface area contributed by atoms with Gasteiger partial charge >= 0.3 is 29.6 Å². The van der Waals surface area contributed by atoms with Crippen molar-refractivity contribution in [3.8, 4) is 0 Å². The van der Waals surface area contributed by atoms with E-state index in [0.717, 1.165) is 0 Å². The first-order valence-electron chi connectivity index (χ1n) is 3.29. The van der Waals surface area contributed by atoms with E-state index in [0.29, 0.717) is 4.47 Å². The van der Waals surface area contributed by atoms with Gasteiger partial charge in [-0.3, -0.25) is 0 Å². The summed E-state index contributed by atoms with van der Waals surface area (Å²) < 4.78 is 31.9. The minimum atomic E-state index is -4.69. The fourth-order valence-electron chi connectivity index (χ4n) is 0.827. The summed E-state index contributed by atoms with van der Waals surface area (Å²) in [6.45, 7) is 0.